The number of carbonyl (C=O) groups excluding carboxylic acids is 1. The summed E-state index contributed by atoms with van der Waals surface area (Å²) in [5, 5.41) is 0. The van der Waals surface area contributed by atoms with Crippen LogP contribution in [0.3, 0.4) is 0 Å². The molecule has 0 heterocycles. The molecule has 0 spiro atoms. The third-order valence-electron chi connectivity index (χ3n) is 3.62. The van der Waals surface area contributed by atoms with E-state index in [1.54, 1.807) is 0 Å². The lowest BCUT2D eigenvalue weighted by Crippen LogP contribution is -2.10. The highest BCUT2D eigenvalue weighted by Crippen LogP contribution is 2.17. The first-order chi connectivity index (χ1) is 8.71. The molecule has 0 bridgehead atoms. The van der Waals surface area contributed by atoms with Crippen LogP contribution in [0.15, 0.2) is 24.3 Å². The number of ketones is 1. The molecule has 2 nitrogen and oxygen atoms in total. The van der Waals surface area contributed by atoms with E-state index in [4.69, 9.17) is 5.73 Å². The van der Waals surface area contributed by atoms with Gasteiger partial charge >= 0.3 is 0 Å². The Morgan fingerprint density at radius 1 is 1.17 bits per heavy atom. The summed E-state index contributed by atoms with van der Waals surface area (Å²) < 4.78 is 0. The third kappa shape index (κ3) is 4.61. The fraction of sp³-hybridized carbons (Fsp3) is 0.562. The van der Waals surface area contributed by atoms with Crippen molar-refractivity contribution >= 4 is 5.78 Å². The van der Waals surface area contributed by atoms with Crippen molar-refractivity contribution in [3.05, 3.63) is 35.4 Å². The van der Waals surface area contributed by atoms with E-state index in [1.165, 1.54) is 5.56 Å². The molecule has 1 unspecified atom stereocenters. The molecule has 0 aliphatic carbocycles. The largest absolute Gasteiger partial charge is 0.330 e. The molecule has 0 amide bonds. The number of Topliss-reactive ketones (excluding diaryl/α,β-unsaturated/α-hetero) is 1. The summed E-state index contributed by atoms with van der Waals surface area (Å²) in [5.74, 6) is 0.849. The van der Waals surface area contributed by atoms with E-state index in [2.05, 4.69) is 13.8 Å². The summed E-state index contributed by atoms with van der Waals surface area (Å²) in [6.45, 7) is 5.01. The average Bonchev–Trinajstić information content (AvgIpc) is 2.43. The second kappa shape index (κ2) is 8.04. The van der Waals surface area contributed by atoms with Crippen LogP contribution < -0.4 is 5.73 Å². The van der Waals surface area contributed by atoms with Crippen molar-refractivity contribution in [1.82, 2.24) is 0 Å². The Bertz CT molecular complexity index is 356. The zero-order chi connectivity index (χ0) is 13.4. The van der Waals surface area contributed by atoms with Gasteiger partial charge in [-0.05, 0) is 37.3 Å². The van der Waals surface area contributed by atoms with E-state index in [-0.39, 0.29) is 5.78 Å². The van der Waals surface area contributed by atoms with Gasteiger partial charge in [0.05, 0.1) is 0 Å². The predicted octanol–water partition coefficient (Wildman–Crippen LogP) is 3.59. The Balaban J connectivity index is 2.48. The molecule has 0 aliphatic heterocycles. The third-order valence-corrected chi connectivity index (χ3v) is 3.62. The Morgan fingerprint density at radius 2 is 1.83 bits per heavy atom. The lowest BCUT2D eigenvalue weighted by molar-refractivity contribution is 0.0972. The molecular formula is C16H25NO. The number of aryl methyl sites for hydroxylation is 1. The van der Waals surface area contributed by atoms with Gasteiger partial charge in [-0.3, -0.25) is 4.79 Å². The van der Waals surface area contributed by atoms with Crippen LogP contribution in [-0.4, -0.2) is 12.3 Å². The molecule has 18 heavy (non-hydrogen) atoms. The van der Waals surface area contributed by atoms with Gasteiger partial charge in [-0.1, -0.05) is 44.5 Å². The maximum Gasteiger partial charge on any atom is 0.162 e. The van der Waals surface area contributed by atoms with Crippen molar-refractivity contribution in [2.45, 2.75) is 46.0 Å². The number of carbonyl (C=O) groups is 1. The average molecular weight is 247 g/mol. The van der Waals surface area contributed by atoms with Crippen LogP contribution in [0.25, 0.3) is 0 Å². The molecule has 1 rings (SSSR count). The van der Waals surface area contributed by atoms with Crippen LogP contribution in [-0.2, 0) is 6.42 Å². The van der Waals surface area contributed by atoms with Crippen molar-refractivity contribution in [3.8, 4) is 0 Å². The van der Waals surface area contributed by atoms with E-state index in [0.717, 1.165) is 37.8 Å². The maximum atomic E-state index is 12.0. The van der Waals surface area contributed by atoms with Gasteiger partial charge in [0.15, 0.2) is 5.78 Å². The second-order valence-electron chi connectivity index (χ2n) is 4.86. The first-order valence-electron chi connectivity index (χ1n) is 7.03. The minimum atomic E-state index is 0.258. The summed E-state index contributed by atoms with van der Waals surface area (Å²) in [7, 11) is 0. The minimum absolute atomic E-state index is 0.258. The number of nitrogens with two attached hydrogens (primary N) is 1. The van der Waals surface area contributed by atoms with Gasteiger partial charge in [-0.15, -0.1) is 0 Å². The maximum absolute atomic E-state index is 12.0. The van der Waals surface area contributed by atoms with Crippen LogP contribution in [0.5, 0.6) is 0 Å². The first kappa shape index (κ1) is 14.9. The summed E-state index contributed by atoms with van der Waals surface area (Å²) in [5.41, 5.74) is 7.69. The molecule has 0 radical (unpaired) electrons. The van der Waals surface area contributed by atoms with Gasteiger partial charge in [0.25, 0.3) is 0 Å². The Morgan fingerprint density at radius 3 is 2.33 bits per heavy atom. The molecule has 1 aromatic carbocycles. The van der Waals surface area contributed by atoms with Crippen LogP contribution in [0.1, 0.15) is 55.5 Å². The Labute approximate surface area is 111 Å². The van der Waals surface area contributed by atoms with Crippen molar-refractivity contribution < 1.29 is 4.79 Å². The molecule has 0 aromatic heterocycles. The second-order valence-corrected chi connectivity index (χ2v) is 4.86. The smallest absolute Gasteiger partial charge is 0.162 e. The summed E-state index contributed by atoms with van der Waals surface area (Å²) in [4.78, 5) is 12.0. The number of rotatable bonds is 8. The molecule has 2 heteroatoms. The van der Waals surface area contributed by atoms with Gasteiger partial charge in [0.1, 0.15) is 0 Å². The van der Waals surface area contributed by atoms with Crippen LogP contribution in [0.4, 0.5) is 0 Å². The zero-order valence-electron chi connectivity index (χ0n) is 11.6. The van der Waals surface area contributed by atoms with E-state index >= 15 is 0 Å². The highest BCUT2D eigenvalue weighted by atomic mass is 16.1. The molecule has 1 atom stereocenters. The first-order valence-corrected chi connectivity index (χ1v) is 7.03. The normalized spacial score (nSPS) is 12.4. The topological polar surface area (TPSA) is 43.1 Å². The molecule has 2 N–H and O–H groups in total. The van der Waals surface area contributed by atoms with Gasteiger partial charge in [0.2, 0.25) is 0 Å². The number of hydrogen-bond donors (Lipinski definition) is 1. The van der Waals surface area contributed by atoms with E-state index in [1.807, 2.05) is 24.3 Å². The highest BCUT2D eigenvalue weighted by molar-refractivity contribution is 5.96. The monoisotopic (exact) mass is 247 g/mol. The van der Waals surface area contributed by atoms with E-state index < -0.39 is 0 Å². The molecule has 0 saturated carbocycles. The molecule has 1 aromatic rings. The van der Waals surface area contributed by atoms with Crippen LogP contribution >= 0.6 is 0 Å². The lowest BCUT2D eigenvalue weighted by Gasteiger charge is -2.12. The standard InChI is InChI=1S/C16H25NO/c1-3-13-5-8-15(9-6-13)16(18)10-7-14(4-2)11-12-17/h5-6,8-9,14H,3-4,7,10-12,17H2,1-2H3. The van der Waals surface area contributed by atoms with Crippen molar-refractivity contribution in [3.63, 3.8) is 0 Å². The summed E-state index contributed by atoms with van der Waals surface area (Å²) in [6, 6.07) is 7.99. The van der Waals surface area contributed by atoms with Crippen LogP contribution in [0.2, 0.25) is 0 Å². The minimum Gasteiger partial charge on any atom is -0.330 e. The van der Waals surface area contributed by atoms with Gasteiger partial charge < -0.3 is 5.73 Å². The molecule has 100 valence electrons. The van der Waals surface area contributed by atoms with Gasteiger partial charge in [-0.25, -0.2) is 0 Å². The fourth-order valence-electron chi connectivity index (χ4n) is 2.19. The summed E-state index contributed by atoms with van der Waals surface area (Å²) >= 11 is 0. The zero-order valence-corrected chi connectivity index (χ0v) is 11.6. The van der Waals surface area contributed by atoms with Crippen molar-refractivity contribution in [1.29, 1.82) is 0 Å². The Hall–Kier alpha value is -1.15. The molecular weight excluding hydrogens is 222 g/mol. The number of hydrogen-bond acceptors (Lipinski definition) is 2. The number of benzene rings is 1. The van der Waals surface area contributed by atoms with E-state index in [0.29, 0.717) is 12.3 Å². The van der Waals surface area contributed by atoms with Crippen molar-refractivity contribution in [2.75, 3.05) is 6.54 Å². The van der Waals surface area contributed by atoms with Gasteiger partial charge in [0, 0.05) is 12.0 Å². The SMILES string of the molecule is CCc1ccc(C(=O)CCC(CC)CCN)cc1. The van der Waals surface area contributed by atoms with Crippen LogP contribution in [0, 0.1) is 5.92 Å². The Kier molecular flexibility index (Phi) is 6.66. The van der Waals surface area contributed by atoms with E-state index in [9.17, 15) is 4.79 Å². The fourth-order valence-corrected chi connectivity index (χ4v) is 2.19. The predicted molar refractivity (Wildman–Crippen MR) is 76.8 cm³/mol. The molecule has 0 fully saturated rings. The quantitative estimate of drug-likeness (QED) is 0.713. The van der Waals surface area contributed by atoms with Crippen molar-refractivity contribution in [2.24, 2.45) is 11.7 Å². The molecule has 0 saturated heterocycles. The molecule has 0 aliphatic rings. The lowest BCUT2D eigenvalue weighted by atomic mass is 9.93. The van der Waals surface area contributed by atoms with Gasteiger partial charge in [-0.2, -0.15) is 0 Å². The highest BCUT2D eigenvalue weighted by Gasteiger charge is 2.10. The summed E-state index contributed by atoms with van der Waals surface area (Å²) in [6.07, 6.45) is 4.76.